The van der Waals surface area contributed by atoms with Gasteiger partial charge in [0.15, 0.2) is 11.5 Å². The first kappa shape index (κ1) is 10.5. The van der Waals surface area contributed by atoms with Gasteiger partial charge in [0.1, 0.15) is 6.29 Å². The number of aromatic hydroxyl groups is 1. The van der Waals surface area contributed by atoms with E-state index in [1.54, 1.807) is 12.1 Å². The summed E-state index contributed by atoms with van der Waals surface area (Å²) >= 11 is 3.35. The van der Waals surface area contributed by atoms with Crippen LogP contribution in [0.4, 0.5) is 0 Å². The van der Waals surface area contributed by atoms with Crippen LogP contribution in [0.3, 0.4) is 0 Å². The van der Waals surface area contributed by atoms with Crippen LogP contribution in [0.5, 0.6) is 11.5 Å². The smallest absolute Gasteiger partial charge is 0.160 e. The maximum absolute atomic E-state index is 11.0. The van der Waals surface area contributed by atoms with Crippen LogP contribution >= 0.6 is 15.9 Å². The van der Waals surface area contributed by atoms with Gasteiger partial charge in [0.2, 0.25) is 0 Å². The number of benzene rings is 1. The molecule has 3 nitrogen and oxygen atoms in total. The van der Waals surface area contributed by atoms with Crippen molar-refractivity contribution in [2.45, 2.75) is 18.3 Å². The molecule has 1 aliphatic carbocycles. The first-order valence-electron chi connectivity index (χ1n) is 4.66. The zero-order chi connectivity index (χ0) is 11.1. The molecular formula is C11H11BrO3. The van der Waals surface area contributed by atoms with E-state index in [9.17, 15) is 9.90 Å². The minimum Gasteiger partial charge on any atom is -0.504 e. The third-order valence-electron chi connectivity index (χ3n) is 2.82. The molecule has 0 amide bonds. The number of rotatable bonds is 3. The fourth-order valence-corrected chi connectivity index (χ4v) is 2.40. The van der Waals surface area contributed by atoms with Crippen molar-refractivity contribution in [3.05, 3.63) is 22.2 Å². The minimum absolute atomic E-state index is 0.0785. The van der Waals surface area contributed by atoms with Crippen LogP contribution < -0.4 is 4.74 Å². The Morgan fingerprint density at radius 2 is 2.20 bits per heavy atom. The molecule has 0 atom stereocenters. The Morgan fingerprint density at radius 3 is 2.67 bits per heavy atom. The highest BCUT2D eigenvalue weighted by atomic mass is 79.9. The van der Waals surface area contributed by atoms with Crippen molar-refractivity contribution in [2.24, 2.45) is 0 Å². The molecule has 1 aliphatic rings. The molecule has 0 radical (unpaired) electrons. The number of aldehydes is 1. The first-order chi connectivity index (χ1) is 7.13. The number of carbonyl (C=O) groups is 1. The second-order valence-electron chi connectivity index (χ2n) is 3.78. The van der Waals surface area contributed by atoms with E-state index in [4.69, 9.17) is 4.74 Å². The Balaban J connectivity index is 2.52. The van der Waals surface area contributed by atoms with Crippen LogP contribution in [0.15, 0.2) is 16.6 Å². The highest BCUT2D eigenvalue weighted by Gasteiger charge is 2.45. The number of phenolic OH excluding ortho intramolecular Hbond substituents is 1. The largest absolute Gasteiger partial charge is 0.504 e. The standard InChI is InChI=1S/C11H11BrO3/c1-15-10-4-7(8(12)5-9(10)14)11(6-13)2-3-11/h4-6,14H,2-3H2,1H3. The van der Waals surface area contributed by atoms with Crippen LogP contribution in [0.1, 0.15) is 18.4 Å². The van der Waals surface area contributed by atoms with E-state index in [0.29, 0.717) is 5.75 Å². The molecule has 0 bridgehead atoms. The van der Waals surface area contributed by atoms with Gasteiger partial charge in [0, 0.05) is 4.47 Å². The number of hydrogen-bond acceptors (Lipinski definition) is 3. The van der Waals surface area contributed by atoms with Crippen molar-refractivity contribution in [3.63, 3.8) is 0 Å². The lowest BCUT2D eigenvalue weighted by molar-refractivity contribution is -0.109. The summed E-state index contributed by atoms with van der Waals surface area (Å²) in [6.07, 6.45) is 2.70. The average molecular weight is 271 g/mol. The van der Waals surface area contributed by atoms with Gasteiger partial charge >= 0.3 is 0 Å². The fourth-order valence-electron chi connectivity index (χ4n) is 1.67. The molecule has 1 aromatic rings. The Morgan fingerprint density at radius 1 is 1.53 bits per heavy atom. The second-order valence-corrected chi connectivity index (χ2v) is 4.63. The summed E-state index contributed by atoms with van der Waals surface area (Å²) in [5.74, 6) is 0.483. The zero-order valence-electron chi connectivity index (χ0n) is 8.29. The molecule has 1 fully saturated rings. The van der Waals surface area contributed by atoms with Gasteiger partial charge in [0.05, 0.1) is 12.5 Å². The number of ether oxygens (including phenoxy) is 1. The van der Waals surface area contributed by atoms with E-state index in [1.165, 1.54) is 7.11 Å². The van der Waals surface area contributed by atoms with E-state index in [2.05, 4.69) is 15.9 Å². The number of halogens is 1. The Hall–Kier alpha value is -1.03. The fraction of sp³-hybridized carbons (Fsp3) is 0.364. The molecule has 0 aliphatic heterocycles. The van der Waals surface area contributed by atoms with Crippen LogP contribution in [-0.2, 0) is 10.2 Å². The molecule has 0 unspecified atom stereocenters. The quantitative estimate of drug-likeness (QED) is 0.858. The molecule has 0 aromatic heterocycles. The Labute approximate surface area is 96.2 Å². The van der Waals surface area contributed by atoms with E-state index in [1.807, 2.05) is 0 Å². The lowest BCUT2D eigenvalue weighted by Gasteiger charge is -2.13. The molecule has 1 aromatic carbocycles. The normalized spacial score (nSPS) is 17.2. The van der Waals surface area contributed by atoms with Crippen molar-refractivity contribution in [2.75, 3.05) is 7.11 Å². The predicted octanol–water partition coefficient (Wildman–Crippen LogP) is 2.39. The zero-order valence-corrected chi connectivity index (χ0v) is 9.87. The summed E-state index contributed by atoms with van der Waals surface area (Å²) in [6, 6.07) is 3.29. The first-order valence-corrected chi connectivity index (χ1v) is 5.45. The molecule has 4 heteroatoms. The van der Waals surface area contributed by atoms with Gasteiger partial charge in [-0.15, -0.1) is 0 Å². The number of methoxy groups -OCH3 is 1. The van der Waals surface area contributed by atoms with E-state index < -0.39 is 0 Å². The van der Waals surface area contributed by atoms with Gasteiger partial charge in [-0.25, -0.2) is 0 Å². The third kappa shape index (κ3) is 1.63. The van der Waals surface area contributed by atoms with Crippen molar-refractivity contribution < 1.29 is 14.6 Å². The van der Waals surface area contributed by atoms with Crippen LogP contribution in [0.2, 0.25) is 0 Å². The average Bonchev–Trinajstić information content (AvgIpc) is 2.99. The molecule has 0 spiro atoms. The molecule has 80 valence electrons. The highest BCUT2D eigenvalue weighted by molar-refractivity contribution is 9.10. The summed E-state index contributed by atoms with van der Waals surface area (Å²) in [4.78, 5) is 11.0. The summed E-state index contributed by atoms with van der Waals surface area (Å²) in [6.45, 7) is 0. The van der Waals surface area contributed by atoms with E-state index in [0.717, 1.165) is 29.2 Å². The van der Waals surface area contributed by atoms with Gasteiger partial charge in [-0.2, -0.15) is 0 Å². The molecule has 15 heavy (non-hydrogen) atoms. The molecule has 1 saturated carbocycles. The van der Waals surface area contributed by atoms with E-state index >= 15 is 0 Å². The molecular weight excluding hydrogens is 260 g/mol. The van der Waals surface area contributed by atoms with Gasteiger partial charge in [-0.3, -0.25) is 0 Å². The van der Waals surface area contributed by atoms with Crippen molar-refractivity contribution in [3.8, 4) is 11.5 Å². The summed E-state index contributed by atoms with van der Waals surface area (Å²) in [7, 11) is 1.49. The maximum Gasteiger partial charge on any atom is 0.160 e. The number of phenols is 1. The minimum atomic E-state index is -0.361. The molecule has 0 heterocycles. The SMILES string of the molecule is COc1cc(C2(C=O)CC2)c(Br)cc1O. The van der Waals surface area contributed by atoms with Crippen molar-refractivity contribution in [1.29, 1.82) is 0 Å². The van der Waals surface area contributed by atoms with Crippen LogP contribution in [0.25, 0.3) is 0 Å². The summed E-state index contributed by atoms with van der Waals surface area (Å²) in [5.41, 5.74) is 0.534. The van der Waals surface area contributed by atoms with E-state index in [-0.39, 0.29) is 11.2 Å². The van der Waals surface area contributed by atoms with Gasteiger partial charge < -0.3 is 14.6 Å². The van der Waals surface area contributed by atoms with Crippen LogP contribution in [0, 0.1) is 0 Å². The maximum atomic E-state index is 11.0. The molecule has 0 saturated heterocycles. The Kier molecular flexibility index (Phi) is 2.46. The summed E-state index contributed by atoms with van der Waals surface area (Å²) < 4.78 is 5.78. The summed E-state index contributed by atoms with van der Waals surface area (Å²) in [5, 5.41) is 9.53. The highest BCUT2D eigenvalue weighted by Crippen LogP contribution is 2.50. The van der Waals surface area contributed by atoms with Gasteiger partial charge in [-0.05, 0) is 30.5 Å². The number of hydrogen-bond donors (Lipinski definition) is 1. The second kappa shape index (κ2) is 3.52. The lowest BCUT2D eigenvalue weighted by atomic mass is 9.97. The van der Waals surface area contributed by atoms with Crippen LogP contribution in [-0.4, -0.2) is 18.5 Å². The van der Waals surface area contributed by atoms with Crippen molar-refractivity contribution in [1.82, 2.24) is 0 Å². The predicted molar refractivity (Wildman–Crippen MR) is 59.3 cm³/mol. The molecule has 2 rings (SSSR count). The van der Waals surface area contributed by atoms with Gasteiger partial charge in [0.25, 0.3) is 0 Å². The topological polar surface area (TPSA) is 46.5 Å². The Bertz CT molecular complexity index is 411. The van der Waals surface area contributed by atoms with Crippen molar-refractivity contribution >= 4 is 22.2 Å². The lowest BCUT2D eigenvalue weighted by Crippen LogP contribution is -2.08. The molecule has 1 N–H and O–H groups in total. The number of carbonyl (C=O) groups excluding carboxylic acids is 1. The monoisotopic (exact) mass is 270 g/mol. The van der Waals surface area contributed by atoms with Gasteiger partial charge in [-0.1, -0.05) is 15.9 Å². The third-order valence-corrected chi connectivity index (χ3v) is 3.48.